The Morgan fingerprint density at radius 2 is 1.88 bits per heavy atom. The minimum Gasteiger partial charge on any atom is -0.457 e. The number of aryl methyl sites for hydroxylation is 2. The maximum absolute atomic E-state index is 14.7. The monoisotopic (exact) mass is 414 g/mol. The zero-order valence-electron chi connectivity index (χ0n) is 14.3. The Hall–Kier alpha value is -2.60. The van der Waals surface area contributed by atoms with Crippen LogP contribution in [0.3, 0.4) is 0 Å². The molecule has 0 aliphatic carbocycles. The van der Waals surface area contributed by atoms with Crippen molar-refractivity contribution in [2.75, 3.05) is 0 Å². The normalized spacial score (nSPS) is 10.6. The largest absolute Gasteiger partial charge is 0.457 e. The lowest BCUT2D eigenvalue weighted by atomic mass is 9.99. The molecular formula is C20H16BrFN2O2. The zero-order chi connectivity index (χ0) is 18.7. The van der Waals surface area contributed by atoms with Gasteiger partial charge in [-0.3, -0.25) is 0 Å². The molecule has 3 aromatic rings. The Labute approximate surface area is 159 Å². The quantitative estimate of drug-likeness (QED) is 0.444. The van der Waals surface area contributed by atoms with E-state index in [1.54, 1.807) is 19.2 Å². The van der Waals surface area contributed by atoms with Gasteiger partial charge in [-0.2, -0.15) is 0 Å². The Morgan fingerprint density at radius 3 is 2.58 bits per heavy atom. The highest BCUT2D eigenvalue weighted by Crippen LogP contribution is 2.29. The Bertz CT molecular complexity index is 938. The molecule has 0 radical (unpaired) electrons. The third-order valence-corrected chi connectivity index (χ3v) is 4.30. The third kappa shape index (κ3) is 3.96. The molecule has 0 N–H and O–H groups in total. The number of carbonyl (C=O) groups is 1. The molecule has 0 amide bonds. The minimum atomic E-state index is -0.567. The van der Waals surface area contributed by atoms with Crippen LogP contribution >= 0.6 is 15.9 Å². The average molecular weight is 415 g/mol. The van der Waals surface area contributed by atoms with Crippen molar-refractivity contribution in [3.8, 4) is 11.3 Å². The van der Waals surface area contributed by atoms with Crippen LogP contribution in [0.15, 0.2) is 53.4 Å². The molecular weight excluding hydrogens is 399 g/mol. The molecule has 26 heavy (non-hydrogen) atoms. The molecule has 4 nitrogen and oxygen atoms in total. The Balaban J connectivity index is 1.87. The van der Waals surface area contributed by atoms with E-state index in [0.717, 1.165) is 11.1 Å². The summed E-state index contributed by atoms with van der Waals surface area (Å²) >= 11 is 3.20. The fraction of sp³-hybridized carbons (Fsp3) is 0.150. The van der Waals surface area contributed by atoms with Crippen molar-refractivity contribution in [1.29, 1.82) is 0 Å². The van der Waals surface area contributed by atoms with Gasteiger partial charge in [-0.15, -0.1) is 0 Å². The summed E-state index contributed by atoms with van der Waals surface area (Å²) in [6.45, 7) is 3.69. The second-order valence-corrected chi connectivity index (χ2v) is 6.59. The van der Waals surface area contributed by atoms with Gasteiger partial charge >= 0.3 is 5.97 Å². The van der Waals surface area contributed by atoms with Gasteiger partial charge < -0.3 is 4.74 Å². The van der Waals surface area contributed by atoms with E-state index in [-0.39, 0.29) is 12.2 Å². The van der Waals surface area contributed by atoms with Crippen molar-refractivity contribution in [2.45, 2.75) is 20.5 Å². The molecule has 6 heteroatoms. The van der Waals surface area contributed by atoms with E-state index >= 15 is 0 Å². The van der Waals surface area contributed by atoms with Gasteiger partial charge in [-0.05, 0) is 58.6 Å². The number of esters is 1. The summed E-state index contributed by atoms with van der Waals surface area (Å²) in [4.78, 5) is 20.6. The van der Waals surface area contributed by atoms with Crippen molar-refractivity contribution < 1.29 is 13.9 Å². The zero-order valence-corrected chi connectivity index (χ0v) is 15.9. The summed E-state index contributed by atoms with van der Waals surface area (Å²) in [5.41, 5.74) is 3.23. The first-order valence-electron chi connectivity index (χ1n) is 7.96. The summed E-state index contributed by atoms with van der Waals surface area (Å²) in [5, 5.41) is 0. The molecule has 1 heterocycles. The van der Waals surface area contributed by atoms with E-state index in [4.69, 9.17) is 4.74 Å². The highest BCUT2D eigenvalue weighted by molar-refractivity contribution is 9.10. The number of hydrogen-bond donors (Lipinski definition) is 0. The minimum absolute atomic E-state index is 0.139. The molecule has 132 valence electrons. The van der Waals surface area contributed by atoms with Crippen LogP contribution in [0.25, 0.3) is 11.3 Å². The molecule has 2 aromatic carbocycles. The molecule has 0 unspecified atom stereocenters. The summed E-state index contributed by atoms with van der Waals surface area (Å²) in [7, 11) is 0. The Kier molecular flexibility index (Phi) is 5.42. The highest BCUT2D eigenvalue weighted by Gasteiger charge is 2.18. The summed E-state index contributed by atoms with van der Waals surface area (Å²) < 4.78 is 20.4. The van der Waals surface area contributed by atoms with Crippen LogP contribution in [-0.4, -0.2) is 15.9 Å². The lowest BCUT2D eigenvalue weighted by Gasteiger charge is -2.12. The van der Waals surface area contributed by atoms with Crippen molar-refractivity contribution in [2.24, 2.45) is 0 Å². The standard InChI is InChI=1S/C20H16BrFN2O2/c1-12-8-15(19(25)26-11-14-6-4-3-5-7-14)9-16(22)17(12)18-13(2)10-23-20(21)24-18/h3-10H,11H2,1-2H3. The number of hydrogen-bond acceptors (Lipinski definition) is 4. The van der Waals surface area contributed by atoms with E-state index in [1.807, 2.05) is 37.3 Å². The maximum atomic E-state index is 14.7. The molecule has 0 saturated heterocycles. The second kappa shape index (κ2) is 7.74. The molecule has 0 aliphatic heterocycles. The second-order valence-electron chi connectivity index (χ2n) is 5.88. The fourth-order valence-electron chi connectivity index (χ4n) is 2.64. The molecule has 0 spiro atoms. The average Bonchev–Trinajstić information content (AvgIpc) is 2.62. The van der Waals surface area contributed by atoms with Crippen LogP contribution in [0.1, 0.15) is 27.0 Å². The third-order valence-electron chi connectivity index (χ3n) is 3.91. The first kappa shape index (κ1) is 18.2. The molecule has 0 saturated carbocycles. The van der Waals surface area contributed by atoms with Gasteiger partial charge in [-0.1, -0.05) is 30.3 Å². The van der Waals surface area contributed by atoms with Crippen LogP contribution in [0.4, 0.5) is 4.39 Å². The predicted octanol–water partition coefficient (Wildman–Crippen LogP) is 5.02. The van der Waals surface area contributed by atoms with Crippen molar-refractivity contribution in [1.82, 2.24) is 9.97 Å². The van der Waals surface area contributed by atoms with Crippen LogP contribution < -0.4 is 0 Å². The molecule has 0 fully saturated rings. The van der Waals surface area contributed by atoms with E-state index in [0.29, 0.717) is 21.6 Å². The van der Waals surface area contributed by atoms with Crippen LogP contribution in [-0.2, 0) is 11.3 Å². The molecule has 1 aromatic heterocycles. The number of nitrogens with zero attached hydrogens (tertiary/aromatic N) is 2. The lowest BCUT2D eigenvalue weighted by Crippen LogP contribution is -2.07. The van der Waals surface area contributed by atoms with Gasteiger partial charge in [0.2, 0.25) is 0 Å². The van der Waals surface area contributed by atoms with Gasteiger partial charge in [0.15, 0.2) is 4.73 Å². The van der Waals surface area contributed by atoms with Crippen LogP contribution in [0.5, 0.6) is 0 Å². The highest BCUT2D eigenvalue weighted by atomic mass is 79.9. The number of halogens is 2. The molecule has 0 aliphatic rings. The maximum Gasteiger partial charge on any atom is 0.338 e. The topological polar surface area (TPSA) is 52.1 Å². The number of benzene rings is 2. The fourth-order valence-corrected chi connectivity index (χ4v) is 2.92. The summed E-state index contributed by atoms with van der Waals surface area (Å²) in [5.74, 6) is -1.09. The number of aromatic nitrogens is 2. The van der Waals surface area contributed by atoms with Crippen LogP contribution in [0, 0.1) is 19.7 Å². The SMILES string of the molecule is Cc1cnc(Br)nc1-c1c(C)cc(C(=O)OCc2ccccc2)cc1F. The first-order valence-corrected chi connectivity index (χ1v) is 8.75. The van der Waals surface area contributed by atoms with Gasteiger partial charge in [-0.25, -0.2) is 19.2 Å². The summed E-state index contributed by atoms with van der Waals surface area (Å²) in [6, 6.07) is 12.1. The first-order chi connectivity index (χ1) is 12.5. The molecule has 3 rings (SSSR count). The molecule has 0 atom stereocenters. The van der Waals surface area contributed by atoms with Gasteiger partial charge in [0.1, 0.15) is 12.4 Å². The van der Waals surface area contributed by atoms with Gasteiger partial charge in [0.25, 0.3) is 0 Å². The predicted molar refractivity (Wildman–Crippen MR) is 100 cm³/mol. The number of carbonyl (C=O) groups excluding carboxylic acids is 1. The van der Waals surface area contributed by atoms with Gasteiger partial charge in [0.05, 0.1) is 11.3 Å². The number of rotatable bonds is 4. The number of ether oxygens (including phenoxy) is 1. The van der Waals surface area contributed by atoms with E-state index in [2.05, 4.69) is 25.9 Å². The van der Waals surface area contributed by atoms with E-state index in [9.17, 15) is 9.18 Å². The van der Waals surface area contributed by atoms with Gasteiger partial charge in [0, 0.05) is 11.8 Å². The van der Waals surface area contributed by atoms with E-state index < -0.39 is 11.8 Å². The Morgan fingerprint density at radius 1 is 1.15 bits per heavy atom. The van der Waals surface area contributed by atoms with Crippen molar-refractivity contribution >= 4 is 21.9 Å². The molecule has 0 bridgehead atoms. The van der Waals surface area contributed by atoms with Crippen molar-refractivity contribution in [3.05, 3.63) is 81.5 Å². The smallest absolute Gasteiger partial charge is 0.338 e. The van der Waals surface area contributed by atoms with E-state index in [1.165, 1.54) is 6.07 Å². The summed E-state index contributed by atoms with van der Waals surface area (Å²) in [6.07, 6.45) is 1.62. The van der Waals surface area contributed by atoms with Crippen LogP contribution in [0.2, 0.25) is 0 Å². The van der Waals surface area contributed by atoms with Crippen molar-refractivity contribution in [3.63, 3.8) is 0 Å². The lowest BCUT2D eigenvalue weighted by molar-refractivity contribution is 0.0472.